The van der Waals surface area contributed by atoms with Crippen LogP contribution in [0.5, 0.6) is 0 Å². The zero-order chi connectivity index (χ0) is 13.6. The van der Waals surface area contributed by atoms with E-state index < -0.39 is 11.8 Å². The molecule has 19 heavy (non-hydrogen) atoms. The summed E-state index contributed by atoms with van der Waals surface area (Å²) >= 11 is 11.4. The molecule has 5 nitrogen and oxygen atoms in total. The number of carbonyl (C=O) groups is 2. The molecule has 0 N–H and O–H groups in total. The summed E-state index contributed by atoms with van der Waals surface area (Å²) in [4.78, 5) is 32.8. The van der Waals surface area contributed by atoms with Gasteiger partial charge in [0.2, 0.25) is 5.28 Å². The molecule has 2 amide bonds. The second-order valence-electron chi connectivity index (χ2n) is 3.81. The number of benzene rings is 1. The highest BCUT2D eigenvalue weighted by Crippen LogP contribution is 2.28. The molecule has 3 rings (SSSR count). The first-order chi connectivity index (χ1) is 9.08. The van der Waals surface area contributed by atoms with E-state index in [2.05, 4.69) is 9.97 Å². The molecule has 1 aromatic heterocycles. The lowest BCUT2D eigenvalue weighted by Gasteiger charge is -2.12. The fourth-order valence-corrected chi connectivity index (χ4v) is 2.29. The summed E-state index contributed by atoms with van der Waals surface area (Å²) in [6.07, 6.45) is 0. The van der Waals surface area contributed by atoms with Crippen molar-refractivity contribution in [3.05, 3.63) is 51.9 Å². The minimum absolute atomic E-state index is 0.0616. The van der Waals surface area contributed by atoms with Gasteiger partial charge in [0.15, 0.2) is 0 Å². The van der Waals surface area contributed by atoms with Crippen molar-refractivity contribution in [3.8, 4) is 0 Å². The van der Waals surface area contributed by atoms with Crippen molar-refractivity contribution in [2.45, 2.75) is 0 Å². The topological polar surface area (TPSA) is 63.2 Å². The fraction of sp³-hybridized carbons (Fsp3) is 0. The minimum atomic E-state index is -0.452. The molecule has 0 atom stereocenters. The number of halogens is 2. The SMILES string of the molecule is O=C1c2ccccc2C(=O)N1c1cc(Cl)nc(Cl)n1. The summed E-state index contributed by atoms with van der Waals surface area (Å²) in [6, 6.07) is 7.86. The number of amides is 2. The van der Waals surface area contributed by atoms with Gasteiger partial charge in [-0.05, 0) is 23.7 Å². The van der Waals surface area contributed by atoms with Crippen LogP contribution in [0.1, 0.15) is 20.7 Å². The number of hydrogen-bond acceptors (Lipinski definition) is 4. The van der Waals surface area contributed by atoms with Gasteiger partial charge in [0, 0.05) is 6.07 Å². The van der Waals surface area contributed by atoms with Crippen molar-refractivity contribution in [2.24, 2.45) is 0 Å². The average molecular weight is 294 g/mol. The average Bonchev–Trinajstić information content (AvgIpc) is 2.61. The fourth-order valence-electron chi connectivity index (χ4n) is 1.89. The van der Waals surface area contributed by atoms with Crippen LogP contribution in [-0.2, 0) is 0 Å². The minimum Gasteiger partial charge on any atom is -0.268 e. The first-order valence-corrected chi connectivity index (χ1v) is 6.01. The van der Waals surface area contributed by atoms with Crippen LogP contribution in [0.25, 0.3) is 0 Å². The van der Waals surface area contributed by atoms with Crippen molar-refractivity contribution in [1.82, 2.24) is 9.97 Å². The Morgan fingerprint density at radius 2 is 1.53 bits per heavy atom. The first kappa shape index (κ1) is 12.1. The van der Waals surface area contributed by atoms with Crippen LogP contribution in [0, 0.1) is 0 Å². The third-order valence-corrected chi connectivity index (χ3v) is 3.04. The molecule has 0 radical (unpaired) electrons. The van der Waals surface area contributed by atoms with Gasteiger partial charge in [0.25, 0.3) is 11.8 Å². The zero-order valence-electron chi connectivity index (χ0n) is 9.30. The monoisotopic (exact) mass is 293 g/mol. The molecule has 1 aliphatic rings. The number of hydrogen-bond donors (Lipinski definition) is 0. The Labute approximate surface area is 117 Å². The molecule has 0 unspecified atom stereocenters. The third-order valence-electron chi connectivity index (χ3n) is 2.68. The third kappa shape index (κ3) is 1.87. The smallest absolute Gasteiger partial charge is 0.267 e. The van der Waals surface area contributed by atoms with E-state index in [0.717, 1.165) is 4.90 Å². The van der Waals surface area contributed by atoms with Gasteiger partial charge >= 0.3 is 0 Å². The van der Waals surface area contributed by atoms with Crippen LogP contribution >= 0.6 is 23.2 Å². The van der Waals surface area contributed by atoms with Gasteiger partial charge in [-0.15, -0.1) is 0 Å². The van der Waals surface area contributed by atoms with Crippen molar-refractivity contribution < 1.29 is 9.59 Å². The largest absolute Gasteiger partial charge is 0.268 e. The van der Waals surface area contributed by atoms with Crippen molar-refractivity contribution in [1.29, 1.82) is 0 Å². The molecule has 0 bridgehead atoms. The van der Waals surface area contributed by atoms with Crippen LogP contribution in [-0.4, -0.2) is 21.8 Å². The maximum absolute atomic E-state index is 12.2. The van der Waals surface area contributed by atoms with E-state index >= 15 is 0 Å². The summed E-state index contributed by atoms with van der Waals surface area (Å²) < 4.78 is 0. The molecule has 0 fully saturated rings. The van der Waals surface area contributed by atoms with Gasteiger partial charge in [-0.1, -0.05) is 23.7 Å². The molecule has 0 saturated carbocycles. The molecule has 1 aromatic carbocycles. The van der Waals surface area contributed by atoms with E-state index in [-0.39, 0.29) is 16.3 Å². The quantitative estimate of drug-likeness (QED) is 0.460. The first-order valence-electron chi connectivity index (χ1n) is 5.26. The van der Waals surface area contributed by atoms with E-state index in [0.29, 0.717) is 11.1 Å². The Bertz CT molecular complexity index is 663. The Morgan fingerprint density at radius 3 is 2.05 bits per heavy atom. The zero-order valence-corrected chi connectivity index (χ0v) is 10.8. The lowest BCUT2D eigenvalue weighted by molar-refractivity contribution is 0.0925. The Hall–Kier alpha value is -1.98. The van der Waals surface area contributed by atoms with Crippen molar-refractivity contribution in [3.63, 3.8) is 0 Å². The molecule has 0 saturated heterocycles. The second kappa shape index (κ2) is 4.29. The predicted molar refractivity (Wildman–Crippen MR) is 69.6 cm³/mol. The Kier molecular flexibility index (Phi) is 2.73. The van der Waals surface area contributed by atoms with Gasteiger partial charge in [0.05, 0.1) is 11.1 Å². The number of aromatic nitrogens is 2. The molecule has 0 spiro atoms. The maximum Gasteiger partial charge on any atom is 0.267 e. The lowest BCUT2D eigenvalue weighted by Crippen LogP contribution is -2.30. The number of carbonyl (C=O) groups excluding carboxylic acids is 2. The molecule has 1 aliphatic heterocycles. The van der Waals surface area contributed by atoms with Crippen molar-refractivity contribution in [2.75, 3.05) is 4.90 Å². The van der Waals surface area contributed by atoms with Crippen LogP contribution < -0.4 is 4.90 Å². The van der Waals surface area contributed by atoms with Gasteiger partial charge in [-0.3, -0.25) is 9.59 Å². The van der Waals surface area contributed by atoms with E-state index in [1.807, 2.05) is 0 Å². The highest BCUT2D eigenvalue weighted by Gasteiger charge is 2.37. The van der Waals surface area contributed by atoms with Gasteiger partial charge < -0.3 is 0 Å². The van der Waals surface area contributed by atoms with Gasteiger partial charge in [0.1, 0.15) is 11.0 Å². The number of fused-ring (bicyclic) bond motifs is 1. The molecule has 0 aliphatic carbocycles. The molecule has 7 heteroatoms. The van der Waals surface area contributed by atoms with E-state index in [1.165, 1.54) is 6.07 Å². The Balaban J connectivity index is 2.14. The standard InChI is InChI=1S/C12H5Cl2N3O2/c13-8-5-9(16-12(14)15-8)17-10(18)6-3-1-2-4-7(6)11(17)19/h1-5H. The van der Waals surface area contributed by atoms with E-state index in [4.69, 9.17) is 23.2 Å². The summed E-state index contributed by atoms with van der Waals surface area (Å²) in [7, 11) is 0. The number of imide groups is 1. The van der Waals surface area contributed by atoms with Crippen LogP contribution in [0.4, 0.5) is 5.82 Å². The molecular weight excluding hydrogens is 289 g/mol. The Morgan fingerprint density at radius 1 is 0.947 bits per heavy atom. The summed E-state index contributed by atoms with van der Waals surface area (Å²) in [5.74, 6) is -0.839. The van der Waals surface area contributed by atoms with Crippen LogP contribution in [0.15, 0.2) is 30.3 Å². The maximum atomic E-state index is 12.2. The number of nitrogens with zero attached hydrogens (tertiary/aromatic N) is 3. The highest BCUT2D eigenvalue weighted by atomic mass is 35.5. The van der Waals surface area contributed by atoms with Gasteiger partial charge in [-0.25, -0.2) is 9.88 Å². The summed E-state index contributed by atoms with van der Waals surface area (Å²) in [5.41, 5.74) is 0.664. The normalized spacial score (nSPS) is 13.9. The van der Waals surface area contributed by atoms with Gasteiger partial charge in [-0.2, -0.15) is 4.98 Å². The second-order valence-corrected chi connectivity index (χ2v) is 4.53. The summed E-state index contributed by atoms with van der Waals surface area (Å²) in [6.45, 7) is 0. The van der Waals surface area contributed by atoms with E-state index in [1.54, 1.807) is 24.3 Å². The predicted octanol–water partition coefficient (Wildman–Crippen LogP) is 2.58. The molecule has 2 heterocycles. The number of rotatable bonds is 1. The summed E-state index contributed by atoms with van der Waals surface area (Å²) in [5, 5.41) is -0.0642. The molecular formula is C12H5Cl2N3O2. The van der Waals surface area contributed by atoms with E-state index in [9.17, 15) is 9.59 Å². The van der Waals surface area contributed by atoms with Crippen LogP contribution in [0.2, 0.25) is 10.4 Å². The van der Waals surface area contributed by atoms with Crippen LogP contribution in [0.3, 0.4) is 0 Å². The molecule has 2 aromatic rings. The lowest BCUT2D eigenvalue weighted by atomic mass is 10.1. The highest BCUT2D eigenvalue weighted by molar-refractivity contribution is 6.35. The van der Waals surface area contributed by atoms with Crippen molar-refractivity contribution >= 4 is 40.8 Å². The molecule has 94 valence electrons. The number of anilines is 1.